The largest absolute Gasteiger partial charge is 0.260 e. The lowest BCUT2D eigenvalue weighted by atomic mass is 10.1. The molecule has 0 aliphatic rings. The van der Waals surface area contributed by atoms with Crippen molar-refractivity contribution in [2.24, 2.45) is 0 Å². The van der Waals surface area contributed by atoms with E-state index in [0.717, 1.165) is 11.9 Å². The smallest absolute Gasteiger partial charge is 0.0519 e. The summed E-state index contributed by atoms with van der Waals surface area (Å²) in [6, 6.07) is 10.4. The summed E-state index contributed by atoms with van der Waals surface area (Å²) in [5.41, 5.74) is 1.15. The van der Waals surface area contributed by atoms with Gasteiger partial charge >= 0.3 is 0 Å². The summed E-state index contributed by atoms with van der Waals surface area (Å²) in [5, 5.41) is 2.53. The van der Waals surface area contributed by atoms with Crippen molar-refractivity contribution in [2.75, 3.05) is 0 Å². The molecular formula is C10H10NP. The van der Waals surface area contributed by atoms with Gasteiger partial charge in [0.25, 0.3) is 0 Å². The fourth-order valence-corrected chi connectivity index (χ4v) is 1.67. The second kappa shape index (κ2) is 3.20. The molecule has 1 aromatic carbocycles. The fraction of sp³-hybridized carbons (Fsp3) is 0.100. The number of fused-ring (bicyclic) bond motifs is 1. The van der Waals surface area contributed by atoms with Gasteiger partial charge < -0.3 is 0 Å². The maximum atomic E-state index is 4.30. The topological polar surface area (TPSA) is 12.9 Å². The molecule has 2 rings (SSSR count). The minimum Gasteiger partial charge on any atom is -0.260 e. The van der Waals surface area contributed by atoms with Crippen molar-refractivity contribution < 1.29 is 0 Å². The lowest BCUT2D eigenvalue weighted by Crippen LogP contribution is -1.85. The van der Waals surface area contributed by atoms with Crippen LogP contribution in [0.15, 0.2) is 36.5 Å². The standard InChI is InChI=1S/C10H10NP/c12-7-10-9-4-2-1-3-8(9)5-6-11-10/h1-6H,7,12H2. The van der Waals surface area contributed by atoms with Gasteiger partial charge in [-0.15, -0.1) is 9.24 Å². The average molecular weight is 175 g/mol. The van der Waals surface area contributed by atoms with Crippen LogP contribution in [0.1, 0.15) is 5.69 Å². The molecule has 0 spiro atoms. The van der Waals surface area contributed by atoms with Crippen LogP contribution >= 0.6 is 9.24 Å². The average Bonchev–Trinajstić information content (AvgIpc) is 2.17. The normalized spacial score (nSPS) is 10.4. The molecule has 1 atom stereocenters. The molecule has 12 heavy (non-hydrogen) atoms. The van der Waals surface area contributed by atoms with E-state index in [1.165, 1.54) is 10.8 Å². The first-order valence-electron chi connectivity index (χ1n) is 3.94. The molecule has 1 aromatic heterocycles. The third-order valence-electron chi connectivity index (χ3n) is 1.95. The lowest BCUT2D eigenvalue weighted by molar-refractivity contribution is 1.21. The predicted molar refractivity (Wildman–Crippen MR) is 55.2 cm³/mol. The van der Waals surface area contributed by atoms with Gasteiger partial charge in [-0.2, -0.15) is 0 Å². The Morgan fingerprint density at radius 1 is 1.17 bits per heavy atom. The SMILES string of the molecule is PCc1nccc2ccccc12. The monoisotopic (exact) mass is 175 g/mol. The summed E-state index contributed by atoms with van der Waals surface area (Å²) in [5.74, 6) is 0. The number of benzene rings is 1. The van der Waals surface area contributed by atoms with Gasteiger partial charge in [0.1, 0.15) is 0 Å². The number of nitrogens with zero attached hydrogens (tertiary/aromatic N) is 1. The highest BCUT2D eigenvalue weighted by Gasteiger charge is 1.97. The molecule has 0 aliphatic heterocycles. The van der Waals surface area contributed by atoms with Crippen molar-refractivity contribution >= 4 is 20.0 Å². The summed E-state index contributed by atoms with van der Waals surface area (Å²) in [6.07, 6.45) is 2.78. The minimum atomic E-state index is 0.918. The van der Waals surface area contributed by atoms with Crippen LogP contribution in [-0.4, -0.2) is 4.98 Å². The van der Waals surface area contributed by atoms with Crippen molar-refractivity contribution in [1.29, 1.82) is 0 Å². The Balaban J connectivity index is 2.79. The summed E-state index contributed by atoms with van der Waals surface area (Å²) >= 11 is 0. The number of pyridine rings is 1. The van der Waals surface area contributed by atoms with Crippen molar-refractivity contribution in [3.63, 3.8) is 0 Å². The Labute approximate surface area is 74.0 Å². The molecule has 0 bridgehead atoms. The van der Waals surface area contributed by atoms with Crippen LogP contribution in [0.3, 0.4) is 0 Å². The zero-order valence-corrected chi connectivity index (χ0v) is 7.85. The summed E-state index contributed by atoms with van der Waals surface area (Å²) in [4.78, 5) is 4.30. The quantitative estimate of drug-likeness (QED) is 0.607. The molecule has 60 valence electrons. The molecule has 2 aromatic rings. The van der Waals surface area contributed by atoms with Crippen molar-refractivity contribution in [3.8, 4) is 0 Å². The molecular weight excluding hydrogens is 165 g/mol. The van der Waals surface area contributed by atoms with E-state index in [2.05, 4.69) is 32.4 Å². The van der Waals surface area contributed by atoms with E-state index in [1.54, 1.807) is 0 Å². The Morgan fingerprint density at radius 3 is 2.83 bits per heavy atom. The predicted octanol–water partition coefficient (Wildman–Crippen LogP) is 2.61. The second-order valence-electron chi connectivity index (χ2n) is 2.68. The maximum Gasteiger partial charge on any atom is 0.0519 e. The Bertz CT molecular complexity index is 392. The number of hydrogen-bond acceptors (Lipinski definition) is 1. The van der Waals surface area contributed by atoms with Gasteiger partial charge in [-0.1, -0.05) is 24.3 Å². The minimum absolute atomic E-state index is 0.918. The highest BCUT2D eigenvalue weighted by Crippen LogP contribution is 2.17. The number of aromatic nitrogens is 1. The van der Waals surface area contributed by atoms with E-state index >= 15 is 0 Å². The Kier molecular flexibility index (Phi) is 2.05. The maximum absolute atomic E-state index is 4.30. The molecule has 0 saturated carbocycles. The third-order valence-corrected chi connectivity index (χ3v) is 2.34. The lowest BCUT2D eigenvalue weighted by Gasteiger charge is -2.01. The van der Waals surface area contributed by atoms with Crippen molar-refractivity contribution in [1.82, 2.24) is 4.98 Å². The van der Waals surface area contributed by atoms with Gasteiger partial charge in [-0.3, -0.25) is 4.98 Å². The van der Waals surface area contributed by atoms with Gasteiger partial charge in [0, 0.05) is 17.7 Å². The molecule has 0 radical (unpaired) electrons. The van der Waals surface area contributed by atoms with E-state index in [9.17, 15) is 0 Å². The van der Waals surface area contributed by atoms with Crippen molar-refractivity contribution in [2.45, 2.75) is 6.16 Å². The molecule has 1 unspecified atom stereocenters. The first kappa shape index (κ1) is 7.70. The van der Waals surface area contributed by atoms with E-state index in [0.29, 0.717) is 0 Å². The van der Waals surface area contributed by atoms with Gasteiger partial charge in [0.15, 0.2) is 0 Å². The molecule has 1 heterocycles. The number of rotatable bonds is 1. The molecule has 0 aliphatic carbocycles. The first-order chi connectivity index (χ1) is 5.92. The summed E-state index contributed by atoms with van der Waals surface area (Å²) in [6.45, 7) is 0. The number of hydrogen-bond donors (Lipinski definition) is 0. The van der Waals surface area contributed by atoms with E-state index in [1.807, 2.05) is 18.3 Å². The Morgan fingerprint density at radius 2 is 2.00 bits per heavy atom. The van der Waals surface area contributed by atoms with Crippen LogP contribution in [0.25, 0.3) is 10.8 Å². The second-order valence-corrected chi connectivity index (χ2v) is 3.09. The van der Waals surface area contributed by atoms with Gasteiger partial charge in [-0.25, -0.2) is 0 Å². The fourth-order valence-electron chi connectivity index (χ4n) is 1.34. The third kappa shape index (κ3) is 1.21. The van der Waals surface area contributed by atoms with Gasteiger partial charge in [0.2, 0.25) is 0 Å². The molecule has 0 fully saturated rings. The molecule has 0 N–H and O–H groups in total. The van der Waals surface area contributed by atoms with Crippen LogP contribution < -0.4 is 0 Å². The highest BCUT2D eigenvalue weighted by molar-refractivity contribution is 7.15. The van der Waals surface area contributed by atoms with Gasteiger partial charge in [-0.05, 0) is 11.5 Å². The van der Waals surface area contributed by atoms with Crippen LogP contribution in [0.4, 0.5) is 0 Å². The van der Waals surface area contributed by atoms with Crippen LogP contribution in [0, 0.1) is 0 Å². The summed E-state index contributed by atoms with van der Waals surface area (Å²) < 4.78 is 0. The molecule has 1 nitrogen and oxygen atoms in total. The molecule has 0 saturated heterocycles. The molecule has 2 heteroatoms. The van der Waals surface area contributed by atoms with Crippen LogP contribution in [0.2, 0.25) is 0 Å². The van der Waals surface area contributed by atoms with Crippen LogP contribution in [0.5, 0.6) is 0 Å². The zero-order chi connectivity index (χ0) is 8.39. The van der Waals surface area contributed by atoms with E-state index in [-0.39, 0.29) is 0 Å². The first-order valence-corrected chi connectivity index (χ1v) is 4.76. The Hall–Kier alpha value is -0.940. The van der Waals surface area contributed by atoms with Crippen LogP contribution in [-0.2, 0) is 6.16 Å². The van der Waals surface area contributed by atoms with Gasteiger partial charge in [0.05, 0.1) is 5.69 Å². The molecule has 0 amide bonds. The highest BCUT2D eigenvalue weighted by atomic mass is 31.0. The zero-order valence-electron chi connectivity index (χ0n) is 6.70. The van der Waals surface area contributed by atoms with Crippen molar-refractivity contribution in [3.05, 3.63) is 42.2 Å². The summed E-state index contributed by atoms with van der Waals surface area (Å²) in [7, 11) is 2.70. The van der Waals surface area contributed by atoms with E-state index in [4.69, 9.17) is 0 Å². The van der Waals surface area contributed by atoms with E-state index < -0.39 is 0 Å².